The van der Waals surface area contributed by atoms with Crippen molar-refractivity contribution >= 4 is 17.6 Å². The van der Waals surface area contributed by atoms with Gasteiger partial charge in [0, 0.05) is 12.7 Å². The number of hydrogen-bond acceptors (Lipinski definition) is 2. The van der Waals surface area contributed by atoms with Crippen molar-refractivity contribution in [1.82, 2.24) is 0 Å². The molecule has 0 spiro atoms. The van der Waals surface area contributed by atoms with Gasteiger partial charge in [0.15, 0.2) is 0 Å². The molecular weight excluding hydrogens is 237 g/mol. The van der Waals surface area contributed by atoms with Crippen LogP contribution in [0.4, 0.5) is 10.1 Å². The van der Waals surface area contributed by atoms with Gasteiger partial charge in [-0.25, -0.2) is 4.39 Å². The van der Waals surface area contributed by atoms with Crippen LogP contribution in [0.3, 0.4) is 0 Å². The lowest BCUT2D eigenvalue weighted by Gasteiger charge is -2.28. The van der Waals surface area contributed by atoms with Crippen molar-refractivity contribution < 1.29 is 19.1 Å². The molecule has 0 atom stereocenters. The van der Waals surface area contributed by atoms with Crippen LogP contribution >= 0.6 is 0 Å². The highest BCUT2D eigenvalue weighted by Gasteiger charge is 2.33. The van der Waals surface area contributed by atoms with Crippen molar-refractivity contribution in [2.24, 2.45) is 5.41 Å². The lowest BCUT2D eigenvalue weighted by molar-refractivity contribution is -0.143. The van der Waals surface area contributed by atoms with Gasteiger partial charge in [-0.3, -0.25) is 9.59 Å². The molecule has 0 bridgehead atoms. The first-order valence-electron chi connectivity index (χ1n) is 5.49. The van der Waals surface area contributed by atoms with Gasteiger partial charge >= 0.3 is 5.97 Å². The van der Waals surface area contributed by atoms with Crippen molar-refractivity contribution in [1.29, 1.82) is 0 Å². The molecule has 4 nitrogen and oxygen atoms in total. The minimum absolute atomic E-state index is 0.253. The Morgan fingerprint density at radius 1 is 1.28 bits per heavy atom. The number of hydrogen-bond donors (Lipinski definition) is 1. The fraction of sp³-hybridized carbons (Fsp3) is 0.385. The highest BCUT2D eigenvalue weighted by atomic mass is 19.1. The van der Waals surface area contributed by atoms with Crippen LogP contribution in [-0.4, -0.2) is 24.0 Å². The van der Waals surface area contributed by atoms with Gasteiger partial charge in [-0.1, -0.05) is 13.8 Å². The van der Waals surface area contributed by atoms with E-state index < -0.39 is 11.4 Å². The molecule has 1 N–H and O–H groups in total. The van der Waals surface area contributed by atoms with E-state index in [1.54, 1.807) is 20.9 Å². The monoisotopic (exact) mass is 253 g/mol. The van der Waals surface area contributed by atoms with E-state index in [9.17, 15) is 14.0 Å². The normalized spacial score (nSPS) is 11.1. The topological polar surface area (TPSA) is 57.6 Å². The Balaban J connectivity index is 2.89. The first-order chi connectivity index (χ1) is 8.24. The molecule has 1 aromatic rings. The number of benzene rings is 1. The number of carbonyl (C=O) groups is 2. The van der Waals surface area contributed by atoms with Crippen molar-refractivity contribution in [2.75, 3.05) is 11.9 Å². The highest BCUT2D eigenvalue weighted by Crippen LogP contribution is 2.26. The van der Waals surface area contributed by atoms with Crippen LogP contribution in [0.5, 0.6) is 0 Å². The minimum atomic E-state index is -1.03. The summed E-state index contributed by atoms with van der Waals surface area (Å²) < 4.78 is 12.8. The predicted octanol–water partition coefficient (Wildman–Crippen LogP) is 2.29. The molecule has 98 valence electrons. The number of amides is 1. The Morgan fingerprint density at radius 3 is 2.22 bits per heavy atom. The molecule has 18 heavy (non-hydrogen) atoms. The van der Waals surface area contributed by atoms with Gasteiger partial charge in [-0.05, 0) is 24.3 Å². The van der Waals surface area contributed by atoms with E-state index in [0.717, 1.165) is 0 Å². The van der Waals surface area contributed by atoms with Crippen molar-refractivity contribution in [3.05, 3.63) is 30.1 Å². The number of carboxylic acid groups (broad SMARTS) is 1. The maximum absolute atomic E-state index is 12.8. The van der Waals surface area contributed by atoms with Gasteiger partial charge in [0.25, 0.3) is 0 Å². The summed E-state index contributed by atoms with van der Waals surface area (Å²) in [6.45, 7) is 3.15. The molecule has 0 saturated heterocycles. The summed E-state index contributed by atoms with van der Waals surface area (Å²) in [5.41, 5.74) is -0.477. The quantitative estimate of drug-likeness (QED) is 0.895. The fourth-order valence-corrected chi connectivity index (χ4v) is 1.69. The van der Waals surface area contributed by atoms with Crippen LogP contribution in [0.1, 0.15) is 20.3 Å². The molecule has 1 amide bonds. The average Bonchev–Trinajstić information content (AvgIpc) is 2.26. The zero-order valence-corrected chi connectivity index (χ0v) is 10.6. The van der Waals surface area contributed by atoms with E-state index in [1.165, 1.54) is 29.2 Å². The second-order valence-electron chi connectivity index (χ2n) is 4.79. The van der Waals surface area contributed by atoms with Gasteiger partial charge in [0.2, 0.25) is 5.91 Å². The van der Waals surface area contributed by atoms with Crippen molar-refractivity contribution in [2.45, 2.75) is 20.3 Å². The summed E-state index contributed by atoms with van der Waals surface area (Å²) in [5, 5.41) is 8.77. The van der Waals surface area contributed by atoms with Crippen LogP contribution in [0.15, 0.2) is 24.3 Å². The second-order valence-corrected chi connectivity index (χ2v) is 4.79. The number of anilines is 1. The number of carboxylic acids is 1. The molecule has 0 aliphatic carbocycles. The summed E-state index contributed by atoms with van der Waals surface area (Å²) in [4.78, 5) is 24.2. The largest absolute Gasteiger partial charge is 0.481 e. The molecule has 0 aromatic heterocycles. The number of nitrogens with zero attached hydrogens (tertiary/aromatic N) is 1. The number of aliphatic carboxylic acids is 1. The Labute approximate surface area is 105 Å². The zero-order chi connectivity index (χ0) is 13.9. The third kappa shape index (κ3) is 3.29. The Morgan fingerprint density at radius 2 is 1.78 bits per heavy atom. The molecule has 0 aliphatic rings. The summed E-state index contributed by atoms with van der Waals surface area (Å²) in [6.07, 6.45) is -0.253. The molecule has 1 aromatic carbocycles. The van der Waals surface area contributed by atoms with E-state index >= 15 is 0 Å². The molecule has 0 radical (unpaired) electrons. The fourth-order valence-electron chi connectivity index (χ4n) is 1.69. The first-order valence-corrected chi connectivity index (χ1v) is 5.49. The number of rotatable bonds is 4. The van der Waals surface area contributed by atoms with E-state index in [2.05, 4.69) is 0 Å². The first kappa shape index (κ1) is 14.2. The maximum atomic E-state index is 12.8. The third-order valence-corrected chi connectivity index (χ3v) is 2.69. The maximum Gasteiger partial charge on any atom is 0.304 e. The van der Waals surface area contributed by atoms with Crippen LogP contribution in [-0.2, 0) is 9.59 Å². The summed E-state index contributed by atoms with van der Waals surface area (Å²) >= 11 is 0. The highest BCUT2D eigenvalue weighted by molar-refractivity contribution is 5.98. The van der Waals surface area contributed by atoms with Crippen LogP contribution in [0.2, 0.25) is 0 Å². The second kappa shape index (κ2) is 5.16. The van der Waals surface area contributed by atoms with E-state index in [1.807, 2.05) is 0 Å². The Bertz CT molecular complexity index is 454. The molecule has 0 saturated carbocycles. The van der Waals surface area contributed by atoms with E-state index in [-0.39, 0.29) is 18.1 Å². The lowest BCUT2D eigenvalue weighted by Crippen LogP contribution is -2.39. The van der Waals surface area contributed by atoms with Gasteiger partial charge in [0.1, 0.15) is 5.82 Å². The molecule has 5 heteroatoms. The molecule has 0 heterocycles. The SMILES string of the molecule is CN(C(=O)C(C)(C)CC(=O)O)c1ccc(F)cc1. The Kier molecular flexibility index (Phi) is 4.06. The summed E-state index contributed by atoms with van der Waals surface area (Å²) in [5.74, 6) is -1.73. The van der Waals surface area contributed by atoms with Crippen molar-refractivity contribution in [3.8, 4) is 0 Å². The summed E-state index contributed by atoms with van der Waals surface area (Å²) in [6, 6.07) is 5.46. The van der Waals surface area contributed by atoms with Crippen molar-refractivity contribution in [3.63, 3.8) is 0 Å². The number of halogens is 1. The minimum Gasteiger partial charge on any atom is -0.481 e. The average molecular weight is 253 g/mol. The third-order valence-electron chi connectivity index (χ3n) is 2.69. The van der Waals surface area contributed by atoms with Gasteiger partial charge < -0.3 is 10.0 Å². The van der Waals surface area contributed by atoms with Crippen LogP contribution < -0.4 is 4.90 Å². The van der Waals surface area contributed by atoms with Gasteiger partial charge in [0.05, 0.1) is 11.8 Å². The standard InChI is InChI=1S/C13H16FNO3/c1-13(2,8-11(16)17)12(18)15(3)10-6-4-9(14)5-7-10/h4-7H,8H2,1-3H3,(H,16,17). The number of carbonyl (C=O) groups excluding carboxylic acids is 1. The molecule has 1 rings (SSSR count). The van der Waals surface area contributed by atoms with Gasteiger partial charge in [-0.2, -0.15) is 0 Å². The molecule has 0 fully saturated rings. The van der Waals surface area contributed by atoms with Crippen LogP contribution in [0.25, 0.3) is 0 Å². The van der Waals surface area contributed by atoms with E-state index in [0.29, 0.717) is 5.69 Å². The van der Waals surface area contributed by atoms with E-state index in [4.69, 9.17) is 5.11 Å². The molecular formula is C13H16FNO3. The lowest BCUT2D eigenvalue weighted by atomic mass is 9.87. The molecule has 0 aliphatic heterocycles. The zero-order valence-electron chi connectivity index (χ0n) is 10.6. The molecule has 0 unspecified atom stereocenters. The Hall–Kier alpha value is -1.91. The summed E-state index contributed by atoms with van der Waals surface area (Å²) in [7, 11) is 1.54. The van der Waals surface area contributed by atoms with Crippen LogP contribution in [0, 0.1) is 11.2 Å². The van der Waals surface area contributed by atoms with Gasteiger partial charge in [-0.15, -0.1) is 0 Å². The smallest absolute Gasteiger partial charge is 0.304 e. The predicted molar refractivity (Wildman–Crippen MR) is 65.8 cm³/mol.